The van der Waals surface area contributed by atoms with Gasteiger partial charge in [-0.15, -0.1) is 0 Å². The van der Waals surface area contributed by atoms with Crippen molar-refractivity contribution >= 4 is 50.9 Å². The Bertz CT molecular complexity index is 1090. The summed E-state index contributed by atoms with van der Waals surface area (Å²) in [5.41, 5.74) is 0.570. The number of hydrogen-bond acceptors (Lipinski definition) is 5. The minimum absolute atomic E-state index is 0.0475. The third-order valence-corrected chi connectivity index (χ3v) is 6.77. The highest BCUT2D eigenvalue weighted by Gasteiger charge is 2.26. The highest BCUT2D eigenvalue weighted by atomic mass is 35.5. The van der Waals surface area contributed by atoms with Crippen molar-refractivity contribution in [3.63, 3.8) is 0 Å². The number of rotatable bonds is 5. The van der Waals surface area contributed by atoms with Crippen LogP contribution in [0.2, 0.25) is 10.0 Å². The van der Waals surface area contributed by atoms with Crippen LogP contribution in [0.4, 0.5) is 10.5 Å². The van der Waals surface area contributed by atoms with E-state index in [9.17, 15) is 18.0 Å². The van der Waals surface area contributed by atoms with Gasteiger partial charge in [0.05, 0.1) is 21.5 Å². The Balaban J connectivity index is 1.69. The van der Waals surface area contributed by atoms with Crippen LogP contribution >= 0.6 is 23.2 Å². The van der Waals surface area contributed by atoms with Crippen LogP contribution in [-0.4, -0.2) is 63.0 Å². The van der Waals surface area contributed by atoms with E-state index in [0.29, 0.717) is 38.3 Å². The van der Waals surface area contributed by atoms with Crippen molar-refractivity contribution in [1.29, 1.82) is 0 Å². The normalized spacial score (nSPS) is 14.3. The van der Waals surface area contributed by atoms with E-state index < -0.39 is 16.1 Å². The fourth-order valence-electron chi connectivity index (χ4n) is 3.06. The Kier molecular flexibility index (Phi) is 7.30. The van der Waals surface area contributed by atoms with Gasteiger partial charge < -0.3 is 14.5 Å². The lowest BCUT2D eigenvalue weighted by Gasteiger charge is -2.34. The van der Waals surface area contributed by atoms with E-state index in [1.165, 1.54) is 24.3 Å². The summed E-state index contributed by atoms with van der Waals surface area (Å²) in [7, 11) is -3.92. The van der Waals surface area contributed by atoms with Crippen molar-refractivity contribution < 1.29 is 22.7 Å². The number of amides is 2. The number of ether oxygens (including phenoxy) is 1. The fourth-order valence-corrected chi connectivity index (χ4v) is 4.50. The van der Waals surface area contributed by atoms with Crippen LogP contribution in [0.3, 0.4) is 0 Å². The van der Waals surface area contributed by atoms with Gasteiger partial charge in [0.25, 0.3) is 15.9 Å². The van der Waals surface area contributed by atoms with Crippen LogP contribution in [0.5, 0.6) is 0 Å². The maximum absolute atomic E-state index is 12.9. The Morgan fingerprint density at radius 2 is 1.68 bits per heavy atom. The zero-order chi connectivity index (χ0) is 22.6. The molecular formula is C20H21Cl2N3O5S. The van der Waals surface area contributed by atoms with Gasteiger partial charge in [0.1, 0.15) is 0 Å². The Labute approximate surface area is 190 Å². The smallest absolute Gasteiger partial charge is 0.409 e. The molecule has 2 aromatic carbocycles. The van der Waals surface area contributed by atoms with E-state index in [-0.39, 0.29) is 26.5 Å². The summed E-state index contributed by atoms with van der Waals surface area (Å²) < 4.78 is 32.7. The zero-order valence-electron chi connectivity index (χ0n) is 16.7. The summed E-state index contributed by atoms with van der Waals surface area (Å²) in [6.45, 7) is 3.49. The quantitative estimate of drug-likeness (QED) is 0.695. The average Bonchev–Trinajstić information content (AvgIpc) is 2.75. The minimum Gasteiger partial charge on any atom is -0.450 e. The number of nitrogens with zero attached hydrogens (tertiary/aromatic N) is 2. The standard InChI is InChI=1S/C20H21Cl2N3O5S/c1-2-30-20(27)25-10-8-24(9-11-25)19(26)14-4-3-5-15(12-14)23-31(28,29)16-6-7-17(21)18(22)13-16/h3-7,12-13,23H,2,8-11H2,1H3. The molecule has 0 radical (unpaired) electrons. The molecule has 166 valence electrons. The van der Waals surface area contributed by atoms with Crippen molar-refractivity contribution in [2.75, 3.05) is 37.5 Å². The molecular weight excluding hydrogens is 465 g/mol. The van der Waals surface area contributed by atoms with Crippen LogP contribution in [0, 0.1) is 0 Å². The van der Waals surface area contributed by atoms with Crippen LogP contribution in [0.25, 0.3) is 0 Å². The molecule has 2 aromatic rings. The van der Waals surface area contributed by atoms with E-state index in [4.69, 9.17) is 27.9 Å². The van der Waals surface area contributed by atoms with Crippen LogP contribution in [0.1, 0.15) is 17.3 Å². The number of carbonyl (C=O) groups excluding carboxylic acids is 2. The van der Waals surface area contributed by atoms with Crippen LogP contribution < -0.4 is 4.72 Å². The van der Waals surface area contributed by atoms with E-state index >= 15 is 0 Å². The molecule has 3 rings (SSSR count). The number of benzene rings is 2. The Morgan fingerprint density at radius 1 is 1.00 bits per heavy atom. The molecule has 1 heterocycles. The van der Waals surface area contributed by atoms with Gasteiger partial charge in [-0.2, -0.15) is 0 Å². The molecule has 1 aliphatic heterocycles. The molecule has 0 aromatic heterocycles. The molecule has 8 nitrogen and oxygen atoms in total. The lowest BCUT2D eigenvalue weighted by atomic mass is 10.1. The lowest BCUT2D eigenvalue weighted by molar-refractivity contribution is 0.0570. The Morgan fingerprint density at radius 3 is 2.32 bits per heavy atom. The molecule has 1 saturated heterocycles. The SMILES string of the molecule is CCOC(=O)N1CCN(C(=O)c2cccc(NS(=O)(=O)c3ccc(Cl)c(Cl)c3)c2)CC1. The number of hydrogen-bond donors (Lipinski definition) is 1. The second-order valence-corrected chi connectivity index (χ2v) is 9.24. The van der Waals surface area contributed by atoms with Gasteiger partial charge >= 0.3 is 6.09 Å². The molecule has 0 atom stereocenters. The molecule has 1 N–H and O–H groups in total. The first kappa shape index (κ1) is 23.2. The fraction of sp³-hybridized carbons (Fsp3) is 0.300. The largest absolute Gasteiger partial charge is 0.450 e. The summed E-state index contributed by atoms with van der Waals surface area (Å²) in [6, 6.07) is 10.2. The number of nitrogens with one attached hydrogen (secondary N) is 1. The molecule has 1 fully saturated rings. The molecule has 0 aliphatic carbocycles. The number of halogens is 2. The van der Waals surface area contributed by atoms with Gasteiger partial charge in [-0.1, -0.05) is 29.3 Å². The van der Waals surface area contributed by atoms with Gasteiger partial charge in [0.2, 0.25) is 0 Å². The predicted octanol–water partition coefficient (Wildman–Crippen LogP) is 3.71. The number of sulfonamides is 1. The minimum atomic E-state index is -3.92. The first-order valence-electron chi connectivity index (χ1n) is 9.50. The number of carbonyl (C=O) groups is 2. The second kappa shape index (κ2) is 9.76. The first-order chi connectivity index (χ1) is 14.7. The second-order valence-electron chi connectivity index (χ2n) is 6.74. The number of piperazine rings is 1. The average molecular weight is 486 g/mol. The van der Waals surface area contributed by atoms with Gasteiger partial charge in [-0.05, 0) is 43.3 Å². The van der Waals surface area contributed by atoms with E-state index in [1.807, 2.05) is 0 Å². The molecule has 2 amide bonds. The number of anilines is 1. The summed E-state index contributed by atoms with van der Waals surface area (Å²) in [6.07, 6.45) is -0.395. The summed E-state index contributed by atoms with van der Waals surface area (Å²) in [4.78, 5) is 27.8. The summed E-state index contributed by atoms with van der Waals surface area (Å²) in [5, 5.41) is 0.367. The molecule has 0 unspecified atom stereocenters. The zero-order valence-corrected chi connectivity index (χ0v) is 19.0. The van der Waals surface area contributed by atoms with Crippen LogP contribution in [0.15, 0.2) is 47.4 Å². The maximum atomic E-state index is 12.9. The first-order valence-corrected chi connectivity index (χ1v) is 11.7. The van der Waals surface area contributed by atoms with Crippen molar-refractivity contribution in [1.82, 2.24) is 9.80 Å². The van der Waals surface area contributed by atoms with Gasteiger partial charge in [0.15, 0.2) is 0 Å². The predicted molar refractivity (Wildman–Crippen MR) is 118 cm³/mol. The van der Waals surface area contributed by atoms with E-state index in [1.54, 1.807) is 34.9 Å². The third-order valence-electron chi connectivity index (χ3n) is 4.66. The summed E-state index contributed by atoms with van der Waals surface area (Å²) >= 11 is 11.8. The highest BCUT2D eigenvalue weighted by Crippen LogP contribution is 2.26. The van der Waals surface area contributed by atoms with Gasteiger partial charge in [-0.25, -0.2) is 13.2 Å². The van der Waals surface area contributed by atoms with E-state index in [0.717, 1.165) is 0 Å². The molecule has 0 bridgehead atoms. The topological polar surface area (TPSA) is 96.0 Å². The highest BCUT2D eigenvalue weighted by molar-refractivity contribution is 7.92. The molecule has 31 heavy (non-hydrogen) atoms. The molecule has 0 spiro atoms. The van der Waals surface area contributed by atoms with Crippen molar-refractivity contribution in [2.45, 2.75) is 11.8 Å². The van der Waals surface area contributed by atoms with Crippen LogP contribution in [-0.2, 0) is 14.8 Å². The Hall–Kier alpha value is -2.49. The third kappa shape index (κ3) is 5.61. The molecule has 0 saturated carbocycles. The molecule has 1 aliphatic rings. The van der Waals surface area contributed by atoms with Gasteiger partial charge in [0, 0.05) is 37.4 Å². The van der Waals surface area contributed by atoms with Gasteiger partial charge in [-0.3, -0.25) is 9.52 Å². The van der Waals surface area contributed by atoms with E-state index in [2.05, 4.69) is 4.72 Å². The monoisotopic (exact) mass is 485 g/mol. The maximum Gasteiger partial charge on any atom is 0.409 e. The lowest BCUT2D eigenvalue weighted by Crippen LogP contribution is -2.50. The summed E-state index contributed by atoms with van der Waals surface area (Å²) in [5.74, 6) is -0.251. The van der Waals surface area contributed by atoms with Crippen molar-refractivity contribution in [3.05, 3.63) is 58.1 Å². The van der Waals surface area contributed by atoms with Crippen molar-refractivity contribution in [2.24, 2.45) is 0 Å². The molecule has 11 heteroatoms. The van der Waals surface area contributed by atoms with Crippen molar-refractivity contribution in [3.8, 4) is 0 Å².